The molecular formula is C9H15ClN2O3. The first-order valence-corrected chi connectivity index (χ1v) is 4.32. The van der Waals surface area contributed by atoms with Gasteiger partial charge in [-0.2, -0.15) is 0 Å². The van der Waals surface area contributed by atoms with Crippen LogP contribution in [0.25, 0.3) is 0 Å². The van der Waals surface area contributed by atoms with E-state index in [0.29, 0.717) is 5.76 Å². The number of hydrogen-bond acceptors (Lipinski definition) is 4. The topological polar surface area (TPSA) is 82.3 Å². The molecule has 2 N–H and O–H groups in total. The molecule has 6 heteroatoms. The van der Waals surface area contributed by atoms with E-state index in [1.165, 1.54) is 6.07 Å². The number of furan rings is 1. The number of nitrogens with zero attached hydrogens (tertiary/aromatic N) is 1. The molecule has 0 saturated heterocycles. The number of nitro groups is 1. The molecule has 0 aliphatic heterocycles. The zero-order valence-electron chi connectivity index (χ0n) is 8.89. The second kappa shape index (κ2) is 4.63. The largest absolute Gasteiger partial charge is 0.433 e. The summed E-state index contributed by atoms with van der Waals surface area (Å²) < 4.78 is 5.01. The first kappa shape index (κ1) is 13.9. The van der Waals surface area contributed by atoms with Crippen molar-refractivity contribution in [3.8, 4) is 0 Å². The summed E-state index contributed by atoms with van der Waals surface area (Å²) in [6, 6.07) is 2.53. The lowest BCUT2D eigenvalue weighted by molar-refractivity contribution is -0.402. The fourth-order valence-electron chi connectivity index (χ4n) is 1.03. The van der Waals surface area contributed by atoms with Crippen LogP contribution in [0.2, 0.25) is 0 Å². The Bertz CT molecular complexity index is 343. The minimum absolute atomic E-state index is 0. The quantitative estimate of drug-likeness (QED) is 0.630. The van der Waals surface area contributed by atoms with E-state index < -0.39 is 4.92 Å². The summed E-state index contributed by atoms with van der Waals surface area (Å²) in [7, 11) is 0. The van der Waals surface area contributed by atoms with Crippen LogP contribution in [-0.2, 0) is 0 Å². The molecule has 0 bridgehead atoms. The van der Waals surface area contributed by atoms with Gasteiger partial charge in [0.25, 0.3) is 0 Å². The molecule has 0 aliphatic rings. The van der Waals surface area contributed by atoms with Crippen molar-refractivity contribution in [2.24, 2.45) is 11.1 Å². The van der Waals surface area contributed by atoms with Gasteiger partial charge in [-0.3, -0.25) is 10.1 Å². The van der Waals surface area contributed by atoms with Gasteiger partial charge < -0.3 is 10.2 Å². The summed E-state index contributed by atoms with van der Waals surface area (Å²) in [5, 5.41) is 10.4. The second-order valence-electron chi connectivity index (χ2n) is 4.28. The number of halogens is 1. The van der Waals surface area contributed by atoms with Crippen molar-refractivity contribution in [3.05, 3.63) is 28.0 Å². The van der Waals surface area contributed by atoms with Crippen LogP contribution in [0.4, 0.5) is 5.88 Å². The summed E-state index contributed by atoms with van der Waals surface area (Å²) in [5.41, 5.74) is 5.69. The van der Waals surface area contributed by atoms with Gasteiger partial charge in [0.15, 0.2) is 0 Å². The fourth-order valence-corrected chi connectivity index (χ4v) is 1.03. The lowest BCUT2D eigenvalue weighted by atomic mass is 9.86. The molecule has 5 nitrogen and oxygen atoms in total. The molecule has 0 unspecified atom stereocenters. The number of rotatable bonds is 2. The van der Waals surface area contributed by atoms with E-state index in [4.69, 9.17) is 10.2 Å². The van der Waals surface area contributed by atoms with E-state index >= 15 is 0 Å². The van der Waals surface area contributed by atoms with Gasteiger partial charge in [-0.05, 0) is 11.5 Å². The number of nitrogens with two attached hydrogens (primary N) is 1. The van der Waals surface area contributed by atoms with Crippen molar-refractivity contribution in [1.29, 1.82) is 0 Å². The van der Waals surface area contributed by atoms with E-state index in [0.717, 1.165) is 0 Å². The second-order valence-corrected chi connectivity index (χ2v) is 4.28. The van der Waals surface area contributed by atoms with Crippen LogP contribution in [0.15, 0.2) is 16.5 Å². The Morgan fingerprint density at radius 1 is 1.47 bits per heavy atom. The van der Waals surface area contributed by atoms with Crippen LogP contribution in [-0.4, -0.2) is 4.92 Å². The van der Waals surface area contributed by atoms with Gasteiger partial charge in [0, 0.05) is 0 Å². The van der Waals surface area contributed by atoms with Crippen LogP contribution >= 0.6 is 12.4 Å². The molecule has 1 rings (SSSR count). The Balaban J connectivity index is 0.00000196. The molecule has 0 aliphatic carbocycles. The molecule has 1 heterocycles. The molecule has 0 aromatic carbocycles. The third-order valence-corrected chi connectivity index (χ3v) is 2.03. The molecule has 1 aromatic heterocycles. The van der Waals surface area contributed by atoms with Gasteiger partial charge in [-0.25, -0.2) is 0 Å². The summed E-state index contributed by atoms with van der Waals surface area (Å²) in [5.74, 6) is 0.184. The van der Waals surface area contributed by atoms with Gasteiger partial charge in [0.2, 0.25) is 0 Å². The highest BCUT2D eigenvalue weighted by molar-refractivity contribution is 5.85. The Labute approximate surface area is 94.2 Å². The highest BCUT2D eigenvalue weighted by Crippen LogP contribution is 2.32. The Morgan fingerprint density at radius 2 is 2.00 bits per heavy atom. The average Bonchev–Trinajstić information content (AvgIpc) is 2.48. The van der Waals surface area contributed by atoms with Gasteiger partial charge >= 0.3 is 5.88 Å². The van der Waals surface area contributed by atoms with Crippen molar-refractivity contribution in [1.82, 2.24) is 0 Å². The normalized spacial score (nSPS) is 13.1. The fraction of sp³-hybridized carbons (Fsp3) is 0.556. The molecule has 0 radical (unpaired) electrons. The predicted molar refractivity (Wildman–Crippen MR) is 59.0 cm³/mol. The zero-order valence-corrected chi connectivity index (χ0v) is 9.71. The van der Waals surface area contributed by atoms with E-state index in [-0.39, 0.29) is 29.7 Å². The molecule has 0 fully saturated rings. The minimum atomic E-state index is -0.571. The Hall–Kier alpha value is -1.07. The molecular weight excluding hydrogens is 220 g/mol. The molecule has 0 spiro atoms. The third kappa shape index (κ3) is 3.21. The molecule has 86 valence electrons. The maximum atomic E-state index is 10.4. The van der Waals surface area contributed by atoms with Gasteiger partial charge in [-0.15, -0.1) is 12.4 Å². The summed E-state index contributed by atoms with van der Waals surface area (Å²) in [6.45, 7) is 5.85. The first-order valence-electron chi connectivity index (χ1n) is 4.32. The maximum Gasteiger partial charge on any atom is 0.433 e. The first-order chi connectivity index (χ1) is 6.32. The average molecular weight is 235 g/mol. The van der Waals surface area contributed by atoms with Crippen LogP contribution in [0.3, 0.4) is 0 Å². The molecule has 1 aromatic rings. The van der Waals surface area contributed by atoms with E-state index in [2.05, 4.69) is 0 Å². The maximum absolute atomic E-state index is 10.4. The summed E-state index contributed by atoms with van der Waals surface area (Å²) in [6.07, 6.45) is 0. The monoisotopic (exact) mass is 234 g/mol. The molecule has 0 amide bonds. The summed E-state index contributed by atoms with van der Waals surface area (Å²) >= 11 is 0. The Morgan fingerprint density at radius 3 is 2.33 bits per heavy atom. The van der Waals surface area contributed by atoms with Gasteiger partial charge in [-0.1, -0.05) is 20.8 Å². The lowest BCUT2D eigenvalue weighted by Gasteiger charge is -2.24. The van der Waals surface area contributed by atoms with Crippen LogP contribution in [0, 0.1) is 15.5 Å². The van der Waals surface area contributed by atoms with E-state index in [9.17, 15) is 10.1 Å². The third-order valence-electron chi connectivity index (χ3n) is 2.03. The molecule has 1 atom stereocenters. The van der Waals surface area contributed by atoms with E-state index in [1.54, 1.807) is 6.07 Å². The zero-order chi connectivity index (χ0) is 10.9. The highest BCUT2D eigenvalue weighted by Gasteiger charge is 2.26. The van der Waals surface area contributed by atoms with Crippen molar-refractivity contribution in [3.63, 3.8) is 0 Å². The Kier molecular flexibility index (Phi) is 4.30. The van der Waals surface area contributed by atoms with Crippen LogP contribution < -0.4 is 5.73 Å². The lowest BCUT2D eigenvalue weighted by Crippen LogP contribution is -2.25. The standard InChI is InChI=1S/C9H14N2O3.ClH/c1-9(2,3)8(10)6-4-5-7(14-6)11(12)13;/h4-5,8H,10H2,1-3H3;1H/t8-;/m1./s1. The van der Waals surface area contributed by atoms with Crippen LogP contribution in [0.1, 0.15) is 32.6 Å². The predicted octanol–water partition coefficient (Wildman–Crippen LogP) is 2.66. The van der Waals surface area contributed by atoms with Gasteiger partial charge in [0.05, 0.1) is 12.1 Å². The highest BCUT2D eigenvalue weighted by atomic mass is 35.5. The van der Waals surface area contributed by atoms with Crippen molar-refractivity contribution in [2.45, 2.75) is 26.8 Å². The van der Waals surface area contributed by atoms with E-state index in [1.807, 2.05) is 20.8 Å². The summed E-state index contributed by atoms with van der Waals surface area (Å²) in [4.78, 5) is 9.79. The van der Waals surface area contributed by atoms with Crippen molar-refractivity contribution < 1.29 is 9.34 Å². The minimum Gasteiger partial charge on any atom is -0.404 e. The van der Waals surface area contributed by atoms with Gasteiger partial charge in [0.1, 0.15) is 10.7 Å². The molecule has 0 saturated carbocycles. The van der Waals surface area contributed by atoms with Crippen LogP contribution in [0.5, 0.6) is 0 Å². The number of hydrogen-bond donors (Lipinski definition) is 1. The van der Waals surface area contributed by atoms with Crippen molar-refractivity contribution >= 4 is 18.3 Å². The van der Waals surface area contributed by atoms with Crippen molar-refractivity contribution in [2.75, 3.05) is 0 Å². The SMILES string of the molecule is CC(C)(C)[C@H](N)c1ccc([N+](=O)[O-])o1.Cl. The molecule has 15 heavy (non-hydrogen) atoms. The smallest absolute Gasteiger partial charge is 0.404 e.